The molecule has 0 aliphatic carbocycles. The van der Waals surface area contributed by atoms with E-state index in [4.69, 9.17) is 11.6 Å². The van der Waals surface area contributed by atoms with Crippen LogP contribution in [-0.4, -0.2) is 36.1 Å². The van der Waals surface area contributed by atoms with Crippen LogP contribution in [0.15, 0.2) is 72.8 Å². The third-order valence-corrected chi connectivity index (χ3v) is 7.69. The molecule has 0 bridgehead atoms. The minimum atomic E-state index is -3.75. The molecule has 160 valence electrons. The number of aryl methyl sites for hydroxylation is 1. The SMILES string of the molecule is O=C(O)C1c2ccccc2CCN1S(=O)(=O)CCc1ccc(-c2ccc(Cl)cc2)cc1. The third-order valence-electron chi connectivity index (χ3n) is 5.61. The maximum atomic E-state index is 13.1. The predicted octanol–water partition coefficient (Wildman–Crippen LogP) is 4.56. The Morgan fingerprint density at radius 2 is 1.58 bits per heavy atom. The van der Waals surface area contributed by atoms with Crippen molar-refractivity contribution in [3.8, 4) is 11.1 Å². The molecule has 5 nitrogen and oxygen atoms in total. The van der Waals surface area contributed by atoms with Crippen LogP contribution < -0.4 is 0 Å². The van der Waals surface area contributed by atoms with E-state index in [0.29, 0.717) is 23.4 Å². The Kier molecular flexibility index (Phi) is 6.14. The Bertz CT molecular complexity index is 1190. The monoisotopic (exact) mass is 455 g/mol. The predicted molar refractivity (Wildman–Crippen MR) is 122 cm³/mol. The molecule has 4 rings (SSSR count). The smallest absolute Gasteiger partial charge is 0.326 e. The number of carbonyl (C=O) groups is 1. The fourth-order valence-corrected chi connectivity index (χ4v) is 5.72. The van der Waals surface area contributed by atoms with Crippen LogP contribution >= 0.6 is 11.6 Å². The summed E-state index contributed by atoms with van der Waals surface area (Å²) in [6.07, 6.45) is 0.822. The van der Waals surface area contributed by atoms with Gasteiger partial charge in [-0.3, -0.25) is 4.79 Å². The maximum Gasteiger partial charge on any atom is 0.326 e. The van der Waals surface area contributed by atoms with Crippen molar-refractivity contribution in [2.45, 2.75) is 18.9 Å². The normalized spacial score (nSPS) is 16.6. The topological polar surface area (TPSA) is 74.7 Å². The number of hydrogen-bond acceptors (Lipinski definition) is 3. The highest BCUT2D eigenvalue weighted by atomic mass is 35.5. The van der Waals surface area contributed by atoms with Gasteiger partial charge in [-0.15, -0.1) is 0 Å². The highest BCUT2D eigenvalue weighted by Gasteiger charge is 2.39. The summed E-state index contributed by atoms with van der Waals surface area (Å²) in [5.41, 5.74) is 4.36. The zero-order chi connectivity index (χ0) is 22.0. The summed E-state index contributed by atoms with van der Waals surface area (Å²) >= 11 is 5.93. The van der Waals surface area contributed by atoms with Gasteiger partial charge < -0.3 is 5.11 Å². The first kappa shape index (κ1) is 21.6. The van der Waals surface area contributed by atoms with E-state index in [1.165, 1.54) is 0 Å². The Hall–Kier alpha value is -2.67. The number of aliphatic carboxylic acids is 1. The highest BCUT2D eigenvalue weighted by molar-refractivity contribution is 7.89. The number of benzene rings is 3. The van der Waals surface area contributed by atoms with Crippen LogP contribution in [0, 0.1) is 0 Å². The van der Waals surface area contributed by atoms with Gasteiger partial charge in [-0.25, -0.2) is 8.42 Å². The van der Waals surface area contributed by atoms with Gasteiger partial charge in [0.25, 0.3) is 0 Å². The van der Waals surface area contributed by atoms with Gasteiger partial charge in [-0.05, 0) is 52.8 Å². The third kappa shape index (κ3) is 4.66. The molecule has 1 N–H and O–H groups in total. The van der Waals surface area contributed by atoms with Crippen molar-refractivity contribution < 1.29 is 18.3 Å². The summed E-state index contributed by atoms with van der Waals surface area (Å²) < 4.78 is 27.2. The summed E-state index contributed by atoms with van der Waals surface area (Å²) in [5.74, 6) is -1.29. The second-order valence-electron chi connectivity index (χ2n) is 7.57. The Morgan fingerprint density at radius 1 is 0.968 bits per heavy atom. The zero-order valence-corrected chi connectivity index (χ0v) is 18.3. The van der Waals surface area contributed by atoms with E-state index < -0.39 is 22.0 Å². The van der Waals surface area contributed by atoms with E-state index >= 15 is 0 Å². The van der Waals surface area contributed by atoms with Gasteiger partial charge in [0.15, 0.2) is 0 Å². The summed E-state index contributed by atoms with van der Waals surface area (Å²) in [5, 5.41) is 10.4. The number of rotatable bonds is 6. The van der Waals surface area contributed by atoms with Crippen LogP contribution in [0.5, 0.6) is 0 Å². The molecule has 0 spiro atoms. The molecule has 1 aliphatic rings. The van der Waals surface area contributed by atoms with Gasteiger partial charge in [0.1, 0.15) is 6.04 Å². The van der Waals surface area contributed by atoms with Gasteiger partial charge in [0.2, 0.25) is 10.0 Å². The Labute approximate surface area is 187 Å². The molecule has 0 saturated heterocycles. The van der Waals surface area contributed by atoms with Crippen molar-refractivity contribution in [3.05, 3.63) is 94.5 Å². The van der Waals surface area contributed by atoms with Crippen molar-refractivity contribution in [2.24, 2.45) is 0 Å². The summed E-state index contributed by atoms with van der Waals surface area (Å²) in [4.78, 5) is 11.9. The minimum absolute atomic E-state index is 0.140. The van der Waals surface area contributed by atoms with E-state index in [0.717, 1.165) is 26.6 Å². The quantitative estimate of drug-likeness (QED) is 0.591. The lowest BCUT2D eigenvalue weighted by molar-refractivity contribution is -0.142. The van der Waals surface area contributed by atoms with Crippen LogP contribution in [0.1, 0.15) is 22.7 Å². The van der Waals surface area contributed by atoms with E-state index in [1.807, 2.05) is 60.7 Å². The number of sulfonamides is 1. The van der Waals surface area contributed by atoms with Crippen molar-refractivity contribution >= 4 is 27.6 Å². The maximum absolute atomic E-state index is 13.1. The molecule has 0 fully saturated rings. The van der Waals surface area contributed by atoms with Crippen molar-refractivity contribution in [2.75, 3.05) is 12.3 Å². The second kappa shape index (κ2) is 8.83. The molecule has 0 saturated carbocycles. The second-order valence-corrected chi connectivity index (χ2v) is 10.0. The lowest BCUT2D eigenvalue weighted by Gasteiger charge is -2.33. The first-order chi connectivity index (χ1) is 14.8. The van der Waals surface area contributed by atoms with E-state index in [2.05, 4.69) is 0 Å². The Morgan fingerprint density at radius 3 is 2.23 bits per heavy atom. The fraction of sp³-hybridized carbons (Fsp3) is 0.208. The molecule has 1 aliphatic heterocycles. The molecule has 3 aromatic carbocycles. The first-order valence-corrected chi connectivity index (χ1v) is 12.0. The fourth-order valence-electron chi connectivity index (χ4n) is 3.97. The van der Waals surface area contributed by atoms with Gasteiger partial charge in [-0.2, -0.15) is 4.31 Å². The number of nitrogens with zero attached hydrogens (tertiary/aromatic N) is 1. The van der Waals surface area contributed by atoms with Gasteiger partial charge in [-0.1, -0.05) is 72.3 Å². The molecule has 3 aromatic rings. The molecular weight excluding hydrogens is 434 g/mol. The average Bonchev–Trinajstić information content (AvgIpc) is 2.77. The molecule has 1 unspecified atom stereocenters. The lowest BCUT2D eigenvalue weighted by Crippen LogP contribution is -2.44. The Balaban J connectivity index is 1.49. The summed E-state index contributed by atoms with van der Waals surface area (Å²) in [6, 6.07) is 21.2. The highest BCUT2D eigenvalue weighted by Crippen LogP contribution is 2.32. The summed E-state index contributed by atoms with van der Waals surface area (Å²) in [6.45, 7) is 0.172. The molecule has 1 heterocycles. The molecular formula is C24H22ClNO4S. The van der Waals surface area contributed by atoms with Crippen molar-refractivity contribution in [1.82, 2.24) is 4.31 Å². The minimum Gasteiger partial charge on any atom is -0.480 e. The summed E-state index contributed by atoms with van der Waals surface area (Å²) in [7, 11) is -3.75. The molecule has 0 amide bonds. The molecule has 31 heavy (non-hydrogen) atoms. The van der Waals surface area contributed by atoms with Gasteiger partial charge in [0.05, 0.1) is 5.75 Å². The number of fused-ring (bicyclic) bond motifs is 1. The van der Waals surface area contributed by atoms with Crippen molar-refractivity contribution in [1.29, 1.82) is 0 Å². The van der Waals surface area contributed by atoms with Crippen LogP contribution in [-0.2, 0) is 27.7 Å². The molecule has 7 heteroatoms. The molecule has 0 radical (unpaired) electrons. The largest absolute Gasteiger partial charge is 0.480 e. The molecule has 0 aromatic heterocycles. The van der Waals surface area contributed by atoms with Gasteiger partial charge in [0, 0.05) is 11.6 Å². The van der Waals surface area contributed by atoms with Crippen LogP contribution in [0.25, 0.3) is 11.1 Å². The number of hydrogen-bond donors (Lipinski definition) is 1. The van der Waals surface area contributed by atoms with Gasteiger partial charge >= 0.3 is 5.97 Å². The zero-order valence-electron chi connectivity index (χ0n) is 16.7. The van der Waals surface area contributed by atoms with Crippen LogP contribution in [0.3, 0.4) is 0 Å². The van der Waals surface area contributed by atoms with E-state index in [1.54, 1.807) is 12.1 Å². The van der Waals surface area contributed by atoms with E-state index in [-0.39, 0.29) is 12.3 Å². The average molecular weight is 456 g/mol. The lowest BCUT2D eigenvalue weighted by atomic mass is 9.94. The first-order valence-electron chi connectivity index (χ1n) is 10.0. The number of carboxylic acid groups (broad SMARTS) is 1. The van der Waals surface area contributed by atoms with Crippen LogP contribution in [0.2, 0.25) is 5.02 Å². The standard InChI is InChI=1S/C24H22ClNO4S/c25-21-11-9-19(10-12-21)18-7-5-17(6-8-18)14-16-31(29,30)26-15-13-20-3-1-2-4-22(20)23(26)24(27)28/h1-12,23H,13-16H2,(H,27,28). The van der Waals surface area contributed by atoms with Crippen LogP contribution in [0.4, 0.5) is 0 Å². The number of carboxylic acids is 1. The van der Waals surface area contributed by atoms with E-state index in [9.17, 15) is 18.3 Å². The van der Waals surface area contributed by atoms with Crippen molar-refractivity contribution in [3.63, 3.8) is 0 Å². The molecule has 1 atom stereocenters. The number of halogens is 1.